The van der Waals surface area contributed by atoms with E-state index < -0.39 is 5.97 Å². The first-order valence-electron chi connectivity index (χ1n) is 6.66. The van der Waals surface area contributed by atoms with Crippen LogP contribution in [0.4, 0.5) is 0 Å². The number of carbonyl (C=O) groups excluding carboxylic acids is 2. The highest BCUT2D eigenvalue weighted by Gasteiger charge is 2.14. The van der Waals surface area contributed by atoms with Crippen LogP contribution in [0.3, 0.4) is 0 Å². The fourth-order valence-corrected chi connectivity index (χ4v) is 2.23. The average molecular weight is 350 g/mol. The van der Waals surface area contributed by atoms with Crippen molar-refractivity contribution in [2.45, 2.75) is 6.54 Å². The van der Waals surface area contributed by atoms with Crippen molar-refractivity contribution in [1.29, 1.82) is 0 Å². The average Bonchev–Trinajstić information content (AvgIpc) is 2.56. The van der Waals surface area contributed by atoms with E-state index in [1.807, 2.05) is 0 Å². The Balaban J connectivity index is 2.06. The summed E-state index contributed by atoms with van der Waals surface area (Å²) in [6, 6.07) is 11.5. The molecule has 0 saturated carbocycles. The predicted molar refractivity (Wildman–Crippen MR) is 89.9 cm³/mol. The van der Waals surface area contributed by atoms with E-state index >= 15 is 0 Å². The van der Waals surface area contributed by atoms with E-state index in [2.05, 4.69) is 11.9 Å². The number of hydrogen-bond donors (Lipinski definition) is 1. The van der Waals surface area contributed by atoms with E-state index in [1.54, 1.807) is 42.5 Å². The Morgan fingerprint density at radius 3 is 2.26 bits per heavy atom. The third-order valence-electron chi connectivity index (χ3n) is 2.96. The van der Waals surface area contributed by atoms with E-state index in [1.165, 1.54) is 6.08 Å². The highest BCUT2D eigenvalue weighted by atomic mass is 35.5. The van der Waals surface area contributed by atoms with Crippen LogP contribution in [-0.2, 0) is 11.3 Å². The molecule has 2 aromatic carbocycles. The monoisotopic (exact) mass is 349 g/mol. The predicted octanol–water partition coefficient (Wildman–Crippen LogP) is 4.01. The molecule has 0 spiro atoms. The summed E-state index contributed by atoms with van der Waals surface area (Å²) in [4.78, 5) is 23.2. The second-order valence-corrected chi connectivity index (χ2v) is 5.37. The summed E-state index contributed by atoms with van der Waals surface area (Å²) in [7, 11) is 0. The lowest BCUT2D eigenvalue weighted by Gasteiger charge is -2.08. The molecule has 0 unspecified atom stereocenters. The Bertz CT molecular complexity index is 722. The lowest BCUT2D eigenvalue weighted by Crippen LogP contribution is -2.20. The summed E-state index contributed by atoms with van der Waals surface area (Å²) in [5, 5.41) is 3.16. The summed E-state index contributed by atoms with van der Waals surface area (Å²) in [6.45, 7) is 3.71. The standard InChI is InChI=1S/C17H13Cl2NO3/c1-2-15(21)20-10-11-6-8-12(9-7-11)17(22)23-16-13(18)4-3-5-14(16)19/h2-9H,1,10H2,(H,20,21). The van der Waals surface area contributed by atoms with Gasteiger partial charge < -0.3 is 10.1 Å². The zero-order valence-corrected chi connectivity index (χ0v) is 13.5. The Hall–Kier alpha value is -2.30. The van der Waals surface area contributed by atoms with Gasteiger partial charge in [0.2, 0.25) is 5.91 Å². The van der Waals surface area contributed by atoms with Crippen LogP contribution in [0.2, 0.25) is 10.0 Å². The molecule has 23 heavy (non-hydrogen) atoms. The quantitative estimate of drug-likeness (QED) is 0.504. The van der Waals surface area contributed by atoms with Crippen LogP contribution >= 0.6 is 23.2 Å². The van der Waals surface area contributed by atoms with Gasteiger partial charge in [0.05, 0.1) is 15.6 Å². The summed E-state index contributed by atoms with van der Waals surface area (Å²) < 4.78 is 5.23. The van der Waals surface area contributed by atoms with Gasteiger partial charge in [-0.1, -0.05) is 48.0 Å². The molecule has 2 aromatic rings. The number of esters is 1. The minimum absolute atomic E-state index is 0.128. The van der Waals surface area contributed by atoms with Gasteiger partial charge in [-0.25, -0.2) is 4.79 Å². The molecule has 0 radical (unpaired) electrons. The van der Waals surface area contributed by atoms with E-state index in [0.29, 0.717) is 12.1 Å². The van der Waals surface area contributed by atoms with Crippen molar-refractivity contribution in [3.8, 4) is 5.75 Å². The van der Waals surface area contributed by atoms with Crippen LogP contribution in [0.1, 0.15) is 15.9 Å². The molecular weight excluding hydrogens is 337 g/mol. The molecule has 0 heterocycles. The van der Waals surface area contributed by atoms with Gasteiger partial charge in [-0.05, 0) is 35.9 Å². The van der Waals surface area contributed by atoms with E-state index in [9.17, 15) is 9.59 Å². The first kappa shape index (κ1) is 17.1. The molecule has 0 bridgehead atoms. The largest absolute Gasteiger partial charge is 0.420 e. The summed E-state index contributed by atoms with van der Waals surface area (Å²) in [6.07, 6.45) is 1.19. The second kappa shape index (κ2) is 7.81. The van der Waals surface area contributed by atoms with Gasteiger partial charge in [0.1, 0.15) is 0 Å². The van der Waals surface area contributed by atoms with Crippen LogP contribution < -0.4 is 10.1 Å². The number of halogens is 2. The number of nitrogens with one attached hydrogen (secondary N) is 1. The molecule has 0 atom stereocenters. The maximum absolute atomic E-state index is 12.1. The second-order valence-electron chi connectivity index (χ2n) is 4.56. The van der Waals surface area contributed by atoms with Crippen molar-refractivity contribution in [1.82, 2.24) is 5.32 Å². The fourth-order valence-electron chi connectivity index (χ4n) is 1.75. The van der Waals surface area contributed by atoms with E-state index in [-0.39, 0.29) is 21.7 Å². The van der Waals surface area contributed by atoms with Crippen LogP contribution in [0.25, 0.3) is 0 Å². The number of benzene rings is 2. The Morgan fingerprint density at radius 2 is 1.70 bits per heavy atom. The molecule has 2 rings (SSSR count). The van der Waals surface area contributed by atoms with Crippen LogP contribution in [0.5, 0.6) is 5.75 Å². The number of hydrogen-bond acceptors (Lipinski definition) is 3. The minimum Gasteiger partial charge on any atom is -0.420 e. The van der Waals surface area contributed by atoms with Crippen LogP contribution in [0, 0.1) is 0 Å². The Kier molecular flexibility index (Phi) is 5.79. The smallest absolute Gasteiger partial charge is 0.343 e. The first-order chi connectivity index (χ1) is 11.0. The van der Waals surface area contributed by atoms with Crippen molar-refractivity contribution in [2.24, 2.45) is 0 Å². The molecule has 6 heteroatoms. The van der Waals surface area contributed by atoms with Gasteiger partial charge in [-0.3, -0.25) is 4.79 Å². The molecule has 0 saturated heterocycles. The molecule has 0 aliphatic carbocycles. The zero-order chi connectivity index (χ0) is 16.8. The Morgan fingerprint density at radius 1 is 1.09 bits per heavy atom. The summed E-state index contributed by atoms with van der Waals surface area (Å²) in [5.41, 5.74) is 1.19. The number of rotatable bonds is 5. The maximum Gasteiger partial charge on any atom is 0.343 e. The van der Waals surface area contributed by atoms with Crippen molar-refractivity contribution in [3.63, 3.8) is 0 Å². The zero-order valence-electron chi connectivity index (χ0n) is 12.0. The maximum atomic E-state index is 12.1. The Labute approximate surface area is 143 Å². The van der Waals surface area contributed by atoms with E-state index in [4.69, 9.17) is 27.9 Å². The van der Waals surface area contributed by atoms with Crippen LogP contribution in [-0.4, -0.2) is 11.9 Å². The van der Waals surface area contributed by atoms with Crippen molar-refractivity contribution >= 4 is 35.1 Å². The van der Waals surface area contributed by atoms with Gasteiger partial charge >= 0.3 is 5.97 Å². The van der Waals surface area contributed by atoms with Gasteiger partial charge in [0.15, 0.2) is 5.75 Å². The lowest BCUT2D eigenvalue weighted by atomic mass is 10.1. The molecule has 118 valence electrons. The number of amides is 1. The van der Waals surface area contributed by atoms with Gasteiger partial charge in [0.25, 0.3) is 0 Å². The topological polar surface area (TPSA) is 55.4 Å². The molecule has 1 N–H and O–H groups in total. The minimum atomic E-state index is -0.568. The summed E-state index contributed by atoms with van der Waals surface area (Å²) >= 11 is 11.9. The molecule has 0 fully saturated rings. The SMILES string of the molecule is C=CC(=O)NCc1ccc(C(=O)Oc2c(Cl)cccc2Cl)cc1. The van der Waals surface area contributed by atoms with E-state index in [0.717, 1.165) is 5.56 Å². The molecule has 4 nitrogen and oxygen atoms in total. The molecule has 0 aliphatic heterocycles. The van der Waals surface area contributed by atoms with Crippen molar-refractivity contribution in [2.75, 3.05) is 0 Å². The van der Waals surface area contributed by atoms with Gasteiger partial charge in [0, 0.05) is 6.54 Å². The number of para-hydroxylation sites is 1. The first-order valence-corrected chi connectivity index (χ1v) is 7.42. The van der Waals surface area contributed by atoms with Gasteiger partial charge in [-0.2, -0.15) is 0 Å². The molecule has 0 aliphatic rings. The number of carbonyl (C=O) groups is 2. The molecule has 0 aromatic heterocycles. The van der Waals surface area contributed by atoms with Crippen molar-refractivity contribution < 1.29 is 14.3 Å². The fraction of sp³-hybridized carbons (Fsp3) is 0.0588. The number of ether oxygens (including phenoxy) is 1. The highest BCUT2D eigenvalue weighted by Crippen LogP contribution is 2.32. The lowest BCUT2D eigenvalue weighted by molar-refractivity contribution is -0.116. The third-order valence-corrected chi connectivity index (χ3v) is 3.55. The molecular formula is C17H13Cl2NO3. The highest BCUT2D eigenvalue weighted by molar-refractivity contribution is 6.37. The van der Waals surface area contributed by atoms with Crippen molar-refractivity contribution in [3.05, 3.63) is 76.3 Å². The van der Waals surface area contributed by atoms with Gasteiger partial charge in [-0.15, -0.1) is 0 Å². The normalized spacial score (nSPS) is 10.0. The third kappa shape index (κ3) is 4.58. The summed E-state index contributed by atoms with van der Waals surface area (Å²) in [5.74, 6) is -0.702. The molecule has 1 amide bonds. The van der Waals surface area contributed by atoms with Crippen LogP contribution in [0.15, 0.2) is 55.1 Å².